The van der Waals surface area contributed by atoms with Gasteiger partial charge in [-0.1, -0.05) is 87.4 Å². The summed E-state index contributed by atoms with van der Waals surface area (Å²) in [5.41, 5.74) is 2.98. The summed E-state index contributed by atoms with van der Waals surface area (Å²) < 4.78 is 0. The molecule has 2 N–H and O–H groups in total. The fourth-order valence-electron chi connectivity index (χ4n) is 4.55. The van der Waals surface area contributed by atoms with Crippen molar-refractivity contribution in [2.24, 2.45) is 5.92 Å². The zero-order valence-electron chi connectivity index (χ0n) is 19.4. The van der Waals surface area contributed by atoms with E-state index in [0.717, 1.165) is 0 Å². The maximum absolute atomic E-state index is 3.81. The molecule has 0 amide bonds. The Bertz CT molecular complexity index is 661. The van der Waals surface area contributed by atoms with Crippen molar-refractivity contribution in [1.82, 2.24) is 10.6 Å². The summed E-state index contributed by atoms with van der Waals surface area (Å²) in [4.78, 5) is 0. The number of unbranched alkanes of at least 4 members (excludes halogenated alkanes) is 2. The lowest BCUT2D eigenvalue weighted by atomic mass is 9.66. The average Bonchev–Trinajstić information content (AvgIpc) is 2.70. The zero-order valence-corrected chi connectivity index (χ0v) is 21.0. The van der Waals surface area contributed by atoms with E-state index in [1.807, 2.05) is 0 Å². The molecule has 0 fully saturated rings. The molecule has 0 aromatic heterocycles. The lowest BCUT2D eigenvalue weighted by Gasteiger charge is -2.46. The highest BCUT2D eigenvalue weighted by molar-refractivity contribution is 5.85. The summed E-state index contributed by atoms with van der Waals surface area (Å²) in [5, 5.41) is 7.42. The first-order chi connectivity index (χ1) is 13.5. The van der Waals surface area contributed by atoms with Gasteiger partial charge in [-0.15, -0.1) is 24.8 Å². The minimum Gasteiger partial charge on any atom is -0.304 e. The SMILES string of the molecule is CNC(NC(C)C)C(CCCCCc1ccccc1)(c1ccccc1)C(C)C.Cl.Cl. The Balaban J connectivity index is 0.00000420. The molecule has 0 heterocycles. The number of nitrogens with one attached hydrogen (secondary N) is 2. The number of hydrogen-bond donors (Lipinski definition) is 2. The highest BCUT2D eigenvalue weighted by Crippen LogP contribution is 2.40. The summed E-state index contributed by atoms with van der Waals surface area (Å²) in [7, 11) is 2.09. The van der Waals surface area contributed by atoms with Gasteiger partial charge in [-0.25, -0.2) is 0 Å². The molecular weight excluding hydrogens is 411 g/mol. The quantitative estimate of drug-likeness (QED) is 0.274. The number of aryl methyl sites for hydroxylation is 1. The molecule has 0 aliphatic carbocycles. The molecule has 0 saturated heterocycles. The molecule has 2 unspecified atom stereocenters. The molecule has 2 atom stereocenters. The molecule has 2 rings (SSSR count). The fourth-order valence-corrected chi connectivity index (χ4v) is 4.55. The molecule has 2 aromatic rings. The van der Waals surface area contributed by atoms with Crippen molar-refractivity contribution in [2.75, 3.05) is 7.05 Å². The van der Waals surface area contributed by atoms with Crippen molar-refractivity contribution in [2.45, 2.75) is 77.4 Å². The minimum atomic E-state index is 0. The van der Waals surface area contributed by atoms with E-state index in [4.69, 9.17) is 0 Å². The number of rotatable bonds is 12. The predicted molar refractivity (Wildman–Crippen MR) is 137 cm³/mol. The van der Waals surface area contributed by atoms with E-state index in [1.165, 1.54) is 43.2 Å². The van der Waals surface area contributed by atoms with Gasteiger partial charge in [0.2, 0.25) is 0 Å². The van der Waals surface area contributed by atoms with Crippen LogP contribution in [0.3, 0.4) is 0 Å². The summed E-state index contributed by atoms with van der Waals surface area (Å²) >= 11 is 0. The van der Waals surface area contributed by atoms with E-state index >= 15 is 0 Å². The largest absolute Gasteiger partial charge is 0.304 e. The van der Waals surface area contributed by atoms with Crippen molar-refractivity contribution < 1.29 is 0 Å². The molecule has 4 heteroatoms. The van der Waals surface area contributed by atoms with Crippen LogP contribution in [0.15, 0.2) is 60.7 Å². The molecule has 0 saturated carbocycles. The van der Waals surface area contributed by atoms with Crippen LogP contribution in [0.4, 0.5) is 0 Å². The molecule has 170 valence electrons. The molecule has 2 nitrogen and oxygen atoms in total. The first-order valence-corrected chi connectivity index (χ1v) is 11.0. The van der Waals surface area contributed by atoms with Gasteiger partial charge < -0.3 is 5.32 Å². The first kappa shape index (κ1) is 28.9. The summed E-state index contributed by atoms with van der Waals surface area (Å²) in [6, 6.07) is 22.4. The molecule has 0 spiro atoms. The van der Waals surface area contributed by atoms with Crippen molar-refractivity contribution in [3.8, 4) is 0 Å². The van der Waals surface area contributed by atoms with Crippen LogP contribution in [-0.4, -0.2) is 19.3 Å². The Labute approximate surface area is 197 Å². The van der Waals surface area contributed by atoms with Crippen LogP contribution in [0.1, 0.15) is 64.5 Å². The van der Waals surface area contributed by atoms with E-state index < -0.39 is 0 Å². The molecular formula is C26H42Cl2N2. The van der Waals surface area contributed by atoms with E-state index in [0.29, 0.717) is 12.0 Å². The molecule has 2 aromatic carbocycles. The van der Waals surface area contributed by atoms with Crippen LogP contribution in [0.2, 0.25) is 0 Å². The Morgan fingerprint density at radius 2 is 1.33 bits per heavy atom. The molecule has 30 heavy (non-hydrogen) atoms. The van der Waals surface area contributed by atoms with Gasteiger partial charge >= 0.3 is 0 Å². The van der Waals surface area contributed by atoms with Crippen LogP contribution in [-0.2, 0) is 11.8 Å². The Morgan fingerprint density at radius 1 is 0.767 bits per heavy atom. The van der Waals surface area contributed by atoms with Gasteiger partial charge in [0.25, 0.3) is 0 Å². The van der Waals surface area contributed by atoms with E-state index in [1.54, 1.807) is 0 Å². The number of halogens is 2. The molecule has 0 aliphatic rings. The minimum absolute atomic E-state index is 0. The van der Waals surface area contributed by atoms with Gasteiger partial charge in [-0.05, 0) is 57.2 Å². The zero-order chi connectivity index (χ0) is 20.4. The monoisotopic (exact) mass is 452 g/mol. The maximum Gasteiger partial charge on any atom is 0.0673 e. The van der Waals surface area contributed by atoms with Gasteiger partial charge in [0.05, 0.1) is 6.17 Å². The molecule has 0 radical (unpaired) electrons. The van der Waals surface area contributed by atoms with Crippen LogP contribution in [0.5, 0.6) is 0 Å². The van der Waals surface area contributed by atoms with E-state index in [9.17, 15) is 0 Å². The van der Waals surface area contributed by atoms with E-state index in [-0.39, 0.29) is 36.4 Å². The van der Waals surface area contributed by atoms with Crippen LogP contribution >= 0.6 is 24.8 Å². The summed E-state index contributed by atoms with van der Waals surface area (Å²) in [6.07, 6.45) is 6.40. The van der Waals surface area contributed by atoms with Gasteiger partial charge in [0.1, 0.15) is 0 Å². The second-order valence-electron chi connectivity index (χ2n) is 8.65. The number of likely N-dealkylation sites (N-methyl/N-ethyl adjacent to an activating group) is 1. The molecule has 0 bridgehead atoms. The number of benzene rings is 2. The highest BCUT2D eigenvalue weighted by Gasteiger charge is 2.42. The topological polar surface area (TPSA) is 24.1 Å². The van der Waals surface area contributed by atoms with Gasteiger partial charge in [-0.2, -0.15) is 0 Å². The number of hydrogen-bond acceptors (Lipinski definition) is 2. The summed E-state index contributed by atoms with van der Waals surface area (Å²) in [5.74, 6) is 0.535. The summed E-state index contributed by atoms with van der Waals surface area (Å²) in [6.45, 7) is 9.23. The van der Waals surface area contributed by atoms with Crippen molar-refractivity contribution >= 4 is 24.8 Å². The molecule has 0 aliphatic heterocycles. The second-order valence-corrected chi connectivity index (χ2v) is 8.65. The van der Waals surface area contributed by atoms with Crippen LogP contribution in [0, 0.1) is 5.92 Å². The third-order valence-corrected chi connectivity index (χ3v) is 6.04. The van der Waals surface area contributed by atoms with Gasteiger partial charge in [0, 0.05) is 11.5 Å². The maximum atomic E-state index is 3.81. The van der Waals surface area contributed by atoms with Gasteiger partial charge in [-0.3, -0.25) is 5.32 Å². The Hall–Kier alpha value is -1.06. The van der Waals surface area contributed by atoms with Gasteiger partial charge in [0.15, 0.2) is 0 Å². The lowest BCUT2D eigenvalue weighted by Crippen LogP contribution is -2.59. The van der Waals surface area contributed by atoms with E-state index in [2.05, 4.69) is 106 Å². The Kier molecular flexibility index (Phi) is 14.3. The third-order valence-electron chi connectivity index (χ3n) is 6.04. The predicted octanol–water partition coefficient (Wildman–Crippen LogP) is 6.77. The highest BCUT2D eigenvalue weighted by atomic mass is 35.5. The second kappa shape index (κ2) is 14.9. The van der Waals surface area contributed by atoms with Crippen molar-refractivity contribution in [3.63, 3.8) is 0 Å². The average molecular weight is 454 g/mol. The van der Waals surface area contributed by atoms with Crippen LogP contribution < -0.4 is 10.6 Å². The Morgan fingerprint density at radius 3 is 1.83 bits per heavy atom. The lowest BCUT2D eigenvalue weighted by molar-refractivity contribution is 0.164. The smallest absolute Gasteiger partial charge is 0.0673 e. The standard InChI is InChI=1S/C26H40N2.2ClH/c1-21(2)26(24-18-12-7-13-19-24,25(27-5)28-22(3)4)20-14-8-11-17-23-15-9-6-10-16-23;;/h6-7,9-10,12-13,15-16,18-19,21-22,25,27-28H,8,11,14,17,20H2,1-5H3;2*1H. The van der Waals surface area contributed by atoms with Crippen LogP contribution in [0.25, 0.3) is 0 Å². The normalized spacial score (nSPS) is 14.0. The third kappa shape index (κ3) is 7.89. The van der Waals surface area contributed by atoms with Crippen molar-refractivity contribution in [3.05, 3.63) is 71.8 Å². The fraction of sp³-hybridized carbons (Fsp3) is 0.538. The van der Waals surface area contributed by atoms with Crippen molar-refractivity contribution in [1.29, 1.82) is 0 Å². The first-order valence-electron chi connectivity index (χ1n) is 11.0.